The largest absolute Gasteiger partial charge is 0.399 e. The van der Waals surface area contributed by atoms with Gasteiger partial charge in [-0.3, -0.25) is 4.79 Å². The van der Waals surface area contributed by atoms with E-state index in [-0.39, 0.29) is 5.91 Å². The average Bonchev–Trinajstić information content (AvgIpc) is 2.32. The van der Waals surface area contributed by atoms with Crippen molar-refractivity contribution >= 4 is 33.2 Å². The number of nitrogen functional groups attached to an aromatic ring is 1. The molecule has 4 nitrogen and oxygen atoms in total. The summed E-state index contributed by atoms with van der Waals surface area (Å²) in [6.07, 6.45) is 1.58. The third-order valence-corrected chi connectivity index (χ3v) is 2.60. The fourth-order valence-corrected chi connectivity index (χ4v) is 1.57. The van der Waals surface area contributed by atoms with Gasteiger partial charge in [-0.2, -0.15) is 0 Å². The Labute approximate surface area is 107 Å². The van der Waals surface area contributed by atoms with Crippen molar-refractivity contribution < 1.29 is 4.79 Å². The summed E-state index contributed by atoms with van der Waals surface area (Å²) >= 11 is 3.23. The van der Waals surface area contributed by atoms with Gasteiger partial charge in [-0.1, -0.05) is 6.07 Å². The number of pyridine rings is 1. The highest BCUT2D eigenvalue weighted by Gasteiger charge is 2.06. The molecule has 1 heterocycles. The van der Waals surface area contributed by atoms with E-state index in [0.717, 1.165) is 4.60 Å². The van der Waals surface area contributed by atoms with Crippen molar-refractivity contribution in [2.24, 2.45) is 0 Å². The standard InChI is InChI=1S/C12H10BrN3O/c13-11-5-4-10(7-15-11)16-12(17)8-2-1-3-9(14)6-8/h1-7H,14H2,(H,16,17). The fraction of sp³-hybridized carbons (Fsp3) is 0. The summed E-state index contributed by atoms with van der Waals surface area (Å²) < 4.78 is 0.722. The first-order valence-electron chi connectivity index (χ1n) is 4.93. The molecule has 3 N–H and O–H groups in total. The number of nitrogens with one attached hydrogen (secondary N) is 1. The molecule has 86 valence electrons. The van der Waals surface area contributed by atoms with Gasteiger partial charge in [0.05, 0.1) is 11.9 Å². The minimum Gasteiger partial charge on any atom is -0.399 e. The first kappa shape index (κ1) is 11.6. The van der Waals surface area contributed by atoms with Gasteiger partial charge in [-0.25, -0.2) is 4.98 Å². The van der Waals surface area contributed by atoms with Gasteiger partial charge in [-0.05, 0) is 46.3 Å². The highest BCUT2D eigenvalue weighted by atomic mass is 79.9. The summed E-state index contributed by atoms with van der Waals surface area (Å²) in [5.74, 6) is -0.207. The average molecular weight is 292 g/mol. The Kier molecular flexibility index (Phi) is 3.39. The first-order valence-corrected chi connectivity index (χ1v) is 5.73. The van der Waals surface area contributed by atoms with Gasteiger partial charge in [0.1, 0.15) is 4.60 Å². The Morgan fingerprint density at radius 1 is 1.29 bits per heavy atom. The molecule has 5 heteroatoms. The van der Waals surface area contributed by atoms with E-state index in [1.165, 1.54) is 0 Å². The number of carbonyl (C=O) groups excluding carboxylic acids is 1. The van der Waals surface area contributed by atoms with Crippen molar-refractivity contribution in [1.29, 1.82) is 0 Å². The summed E-state index contributed by atoms with van der Waals surface area (Å²) in [4.78, 5) is 15.9. The Hall–Kier alpha value is -1.88. The van der Waals surface area contributed by atoms with E-state index in [4.69, 9.17) is 5.73 Å². The molecule has 0 aliphatic rings. The molecular formula is C12H10BrN3O. The van der Waals surface area contributed by atoms with Crippen LogP contribution in [0.1, 0.15) is 10.4 Å². The van der Waals surface area contributed by atoms with Crippen LogP contribution in [0.2, 0.25) is 0 Å². The van der Waals surface area contributed by atoms with Crippen LogP contribution in [0.15, 0.2) is 47.2 Å². The summed E-state index contributed by atoms with van der Waals surface area (Å²) in [5.41, 5.74) is 7.33. The van der Waals surface area contributed by atoms with Crippen LogP contribution in [-0.4, -0.2) is 10.9 Å². The maximum Gasteiger partial charge on any atom is 0.255 e. The van der Waals surface area contributed by atoms with Crippen LogP contribution in [0.4, 0.5) is 11.4 Å². The molecule has 2 rings (SSSR count). The van der Waals surface area contributed by atoms with Gasteiger partial charge in [0, 0.05) is 11.3 Å². The quantitative estimate of drug-likeness (QED) is 0.660. The second kappa shape index (κ2) is 4.97. The number of hydrogen-bond acceptors (Lipinski definition) is 3. The molecule has 2 aromatic rings. The van der Waals surface area contributed by atoms with Crippen LogP contribution in [0.3, 0.4) is 0 Å². The SMILES string of the molecule is Nc1cccc(C(=O)Nc2ccc(Br)nc2)c1. The maximum absolute atomic E-state index is 11.8. The van der Waals surface area contributed by atoms with Crippen LogP contribution in [-0.2, 0) is 0 Å². The molecule has 1 aromatic heterocycles. The summed E-state index contributed by atoms with van der Waals surface area (Å²) in [7, 11) is 0. The van der Waals surface area contributed by atoms with E-state index in [1.807, 2.05) is 0 Å². The van der Waals surface area contributed by atoms with E-state index in [1.54, 1.807) is 42.6 Å². The predicted molar refractivity (Wildman–Crippen MR) is 70.7 cm³/mol. The van der Waals surface area contributed by atoms with Gasteiger partial charge < -0.3 is 11.1 Å². The van der Waals surface area contributed by atoms with Crippen LogP contribution < -0.4 is 11.1 Å². The number of aromatic nitrogens is 1. The highest BCUT2D eigenvalue weighted by molar-refractivity contribution is 9.10. The summed E-state index contributed by atoms with van der Waals surface area (Å²) in [5, 5.41) is 2.73. The number of carbonyl (C=O) groups is 1. The molecule has 17 heavy (non-hydrogen) atoms. The molecule has 0 spiro atoms. The fourth-order valence-electron chi connectivity index (χ4n) is 1.33. The normalized spacial score (nSPS) is 9.94. The summed E-state index contributed by atoms with van der Waals surface area (Å²) in [6.45, 7) is 0. The van der Waals surface area contributed by atoms with Crippen LogP contribution in [0.25, 0.3) is 0 Å². The number of nitrogens with two attached hydrogens (primary N) is 1. The number of benzene rings is 1. The van der Waals surface area contributed by atoms with Crippen LogP contribution in [0, 0.1) is 0 Å². The lowest BCUT2D eigenvalue weighted by molar-refractivity contribution is 0.102. The molecule has 0 aliphatic heterocycles. The molecule has 0 radical (unpaired) electrons. The summed E-state index contributed by atoms with van der Waals surface area (Å²) in [6, 6.07) is 10.3. The lowest BCUT2D eigenvalue weighted by Crippen LogP contribution is -2.12. The maximum atomic E-state index is 11.8. The van der Waals surface area contributed by atoms with Crippen molar-refractivity contribution in [2.45, 2.75) is 0 Å². The van der Waals surface area contributed by atoms with Gasteiger partial charge in [-0.15, -0.1) is 0 Å². The minimum atomic E-state index is -0.207. The molecule has 1 aromatic carbocycles. The van der Waals surface area contributed by atoms with Crippen molar-refractivity contribution in [2.75, 3.05) is 11.1 Å². The monoisotopic (exact) mass is 291 g/mol. The number of nitrogens with zero attached hydrogens (tertiary/aromatic N) is 1. The second-order valence-corrected chi connectivity index (χ2v) is 4.26. The van der Waals surface area contributed by atoms with Crippen LogP contribution in [0.5, 0.6) is 0 Å². The Morgan fingerprint density at radius 2 is 2.12 bits per heavy atom. The molecule has 0 saturated carbocycles. The van der Waals surface area contributed by atoms with E-state index < -0.39 is 0 Å². The van der Waals surface area contributed by atoms with E-state index in [0.29, 0.717) is 16.9 Å². The molecule has 0 aliphatic carbocycles. The molecular weight excluding hydrogens is 282 g/mol. The lowest BCUT2D eigenvalue weighted by Gasteiger charge is -2.05. The van der Waals surface area contributed by atoms with E-state index in [9.17, 15) is 4.79 Å². The zero-order valence-electron chi connectivity index (χ0n) is 8.85. The number of hydrogen-bond donors (Lipinski definition) is 2. The van der Waals surface area contributed by atoms with E-state index in [2.05, 4.69) is 26.2 Å². The topological polar surface area (TPSA) is 68.0 Å². The number of anilines is 2. The third kappa shape index (κ3) is 3.04. The molecule has 0 atom stereocenters. The Bertz CT molecular complexity index is 540. The Balaban J connectivity index is 2.14. The molecule has 0 bridgehead atoms. The van der Waals surface area contributed by atoms with E-state index >= 15 is 0 Å². The molecule has 1 amide bonds. The molecule has 0 saturated heterocycles. The number of halogens is 1. The van der Waals surface area contributed by atoms with Crippen molar-refractivity contribution in [3.8, 4) is 0 Å². The highest BCUT2D eigenvalue weighted by Crippen LogP contribution is 2.13. The zero-order chi connectivity index (χ0) is 12.3. The smallest absolute Gasteiger partial charge is 0.255 e. The Morgan fingerprint density at radius 3 is 2.76 bits per heavy atom. The van der Waals surface area contributed by atoms with Crippen molar-refractivity contribution in [1.82, 2.24) is 4.98 Å². The lowest BCUT2D eigenvalue weighted by atomic mass is 10.2. The predicted octanol–water partition coefficient (Wildman–Crippen LogP) is 2.68. The van der Waals surface area contributed by atoms with Gasteiger partial charge >= 0.3 is 0 Å². The third-order valence-electron chi connectivity index (χ3n) is 2.13. The second-order valence-electron chi connectivity index (χ2n) is 3.45. The van der Waals surface area contributed by atoms with Gasteiger partial charge in [0.2, 0.25) is 0 Å². The van der Waals surface area contributed by atoms with Crippen molar-refractivity contribution in [3.63, 3.8) is 0 Å². The number of amides is 1. The molecule has 0 fully saturated rings. The van der Waals surface area contributed by atoms with Gasteiger partial charge in [0.15, 0.2) is 0 Å². The molecule has 0 unspecified atom stereocenters. The first-order chi connectivity index (χ1) is 8.15. The van der Waals surface area contributed by atoms with Gasteiger partial charge in [0.25, 0.3) is 5.91 Å². The van der Waals surface area contributed by atoms with Crippen molar-refractivity contribution in [3.05, 3.63) is 52.8 Å². The number of rotatable bonds is 2. The zero-order valence-corrected chi connectivity index (χ0v) is 10.4. The van der Waals surface area contributed by atoms with Crippen LogP contribution >= 0.6 is 15.9 Å². The minimum absolute atomic E-state index is 0.207.